The highest BCUT2D eigenvalue weighted by Gasteiger charge is 2.35. The van der Waals surface area contributed by atoms with Crippen LogP contribution in [0.5, 0.6) is 0 Å². The maximum absolute atomic E-state index is 12.3. The number of urea groups is 1. The summed E-state index contributed by atoms with van der Waals surface area (Å²) in [4.78, 5) is 28.3. The number of hydrogen-bond donors (Lipinski definition) is 2. The lowest BCUT2D eigenvalue weighted by Crippen LogP contribution is -2.43. The van der Waals surface area contributed by atoms with Gasteiger partial charge in [-0.2, -0.15) is 5.10 Å². The number of hydrogen-bond acceptors (Lipinski definition) is 7. The first kappa shape index (κ1) is 20.5. The van der Waals surface area contributed by atoms with Crippen molar-refractivity contribution in [1.29, 1.82) is 0 Å². The van der Waals surface area contributed by atoms with E-state index in [1.165, 1.54) is 0 Å². The molecule has 1 aromatic carbocycles. The highest BCUT2D eigenvalue weighted by atomic mass is 16.5. The largest absolute Gasteiger partial charge is 0.371 e. The fourth-order valence-electron chi connectivity index (χ4n) is 4.60. The van der Waals surface area contributed by atoms with Gasteiger partial charge in [0, 0.05) is 49.5 Å². The number of fused-ring (bicyclic) bond motifs is 3. The molecule has 2 N–H and O–H groups in total. The Labute approximate surface area is 196 Å². The summed E-state index contributed by atoms with van der Waals surface area (Å²) in [5.74, 6) is 1.52. The molecule has 2 aliphatic rings. The Balaban J connectivity index is 1.26. The fraction of sp³-hybridized carbons (Fsp3) is 0.292. The third-order valence-corrected chi connectivity index (χ3v) is 6.25. The Morgan fingerprint density at radius 2 is 1.65 bits per heavy atom. The monoisotopic (exact) mass is 456 g/mol. The molecule has 2 bridgehead atoms. The van der Waals surface area contributed by atoms with Gasteiger partial charge in [-0.3, -0.25) is 9.67 Å². The highest BCUT2D eigenvalue weighted by Crippen LogP contribution is 2.33. The molecule has 2 amide bonds. The second-order valence-electron chi connectivity index (χ2n) is 8.63. The number of rotatable bonds is 4. The van der Waals surface area contributed by atoms with Crippen LogP contribution in [0.1, 0.15) is 12.8 Å². The first-order valence-corrected chi connectivity index (χ1v) is 11.3. The van der Waals surface area contributed by atoms with Crippen LogP contribution in [0.25, 0.3) is 22.4 Å². The molecule has 2 atom stereocenters. The second-order valence-corrected chi connectivity index (χ2v) is 8.63. The lowest BCUT2D eigenvalue weighted by molar-refractivity contribution is 0.0303. The molecule has 2 fully saturated rings. The van der Waals surface area contributed by atoms with Crippen LogP contribution in [-0.4, -0.2) is 56.1 Å². The molecule has 0 radical (unpaired) electrons. The highest BCUT2D eigenvalue weighted by molar-refractivity contribution is 5.99. The number of nitrogens with zero attached hydrogens (tertiary/aromatic N) is 6. The summed E-state index contributed by atoms with van der Waals surface area (Å²) in [5, 5.41) is 11.0. The van der Waals surface area contributed by atoms with Crippen molar-refractivity contribution in [2.24, 2.45) is 7.05 Å². The summed E-state index contributed by atoms with van der Waals surface area (Å²) in [5.41, 5.74) is 2.99. The predicted octanol–water partition coefficient (Wildman–Crippen LogP) is 3.44. The molecular weight excluding hydrogens is 432 g/mol. The van der Waals surface area contributed by atoms with E-state index in [1.54, 1.807) is 29.2 Å². The Bertz CT molecular complexity index is 1330. The van der Waals surface area contributed by atoms with Crippen LogP contribution in [0.4, 0.5) is 22.0 Å². The number of morpholine rings is 1. The van der Waals surface area contributed by atoms with E-state index in [-0.39, 0.29) is 18.2 Å². The molecule has 2 unspecified atom stereocenters. The van der Waals surface area contributed by atoms with E-state index < -0.39 is 0 Å². The summed E-state index contributed by atoms with van der Waals surface area (Å²) >= 11 is 0. The van der Waals surface area contributed by atoms with Crippen molar-refractivity contribution < 1.29 is 9.53 Å². The van der Waals surface area contributed by atoms with Gasteiger partial charge in [0.2, 0.25) is 0 Å². The quantitative estimate of drug-likeness (QED) is 0.484. The van der Waals surface area contributed by atoms with Crippen LogP contribution in [0.2, 0.25) is 0 Å². The smallest absolute Gasteiger partial charge is 0.323 e. The zero-order valence-electron chi connectivity index (χ0n) is 18.7. The molecule has 2 saturated heterocycles. The number of anilines is 3. The first-order valence-electron chi connectivity index (χ1n) is 11.3. The summed E-state index contributed by atoms with van der Waals surface area (Å²) in [6.07, 6.45) is 7.79. The number of nitrogens with one attached hydrogen (secondary N) is 2. The van der Waals surface area contributed by atoms with Crippen LogP contribution in [0.3, 0.4) is 0 Å². The number of aromatic nitrogens is 5. The SMILES string of the molecule is Cn1ncc2c(N3CC4CCC(C3)O4)nc(-c3ccc(NC(=O)Nc4ccncc4)cc3)nc21. The van der Waals surface area contributed by atoms with Crippen molar-refractivity contribution >= 4 is 34.3 Å². The lowest BCUT2D eigenvalue weighted by Gasteiger charge is -2.33. The number of benzene rings is 1. The zero-order valence-corrected chi connectivity index (χ0v) is 18.7. The minimum absolute atomic E-state index is 0.257. The van der Waals surface area contributed by atoms with E-state index in [4.69, 9.17) is 14.7 Å². The molecule has 0 aliphatic carbocycles. The molecule has 34 heavy (non-hydrogen) atoms. The Kier molecular flexibility index (Phi) is 5.06. The molecule has 0 saturated carbocycles. The van der Waals surface area contributed by atoms with Gasteiger partial charge in [0.25, 0.3) is 0 Å². The van der Waals surface area contributed by atoms with E-state index >= 15 is 0 Å². The maximum atomic E-state index is 12.3. The molecule has 6 rings (SSSR count). The van der Waals surface area contributed by atoms with Crippen LogP contribution in [0.15, 0.2) is 55.0 Å². The van der Waals surface area contributed by atoms with E-state index in [9.17, 15) is 4.79 Å². The summed E-state index contributed by atoms with van der Waals surface area (Å²) in [7, 11) is 1.89. The van der Waals surface area contributed by atoms with Crippen LogP contribution in [0, 0.1) is 0 Å². The maximum Gasteiger partial charge on any atom is 0.323 e. The fourth-order valence-corrected chi connectivity index (χ4v) is 4.60. The van der Waals surface area contributed by atoms with Gasteiger partial charge in [-0.15, -0.1) is 0 Å². The molecule has 5 heterocycles. The summed E-state index contributed by atoms with van der Waals surface area (Å²) in [6, 6.07) is 10.6. The standard InChI is InChI=1S/C24H24N8O2/c1-31-22-20(12-26-31)23(32-13-18-6-7-19(14-32)34-18)30-21(29-22)15-2-4-16(5-3-15)27-24(33)28-17-8-10-25-11-9-17/h2-5,8-12,18-19H,6-7,13-14H2,1H3,(H2,25,27,28,33). The molecule has 0 spiro atoms. The Morgan fingerprint density at radius 1 is 0.971 bits per heavy atom. The minimum Gasteiger partial charge on any atom is -0.371 e. The molecule has 3 aromatic heterocycles. The van der Waals surface area contributed by atoms with Gasteiger partial charge < -0.3 is 20.3 Å². The minimum atomic E-state index is -0.323. The summed E-state index contributed by atoms with van der Waals surface area (Å²) in [6.45, 7) is 1.65. The van der Waals surface area contributed by atoms with Crippen molar-refractivity contribution in [3.8, 4) is 11.4 Å². The van der Waals surface area contributed by atoms with Gasteiger partial charge in [-0.25, -0.2) is 14.8 Å². The molecular formula is C24H24N8O2. The van der Waals surface area contributed by atoms with Gasteiger partial charge >= 0.3 is 6.03 Å². The van der Waals surface area contributed by atoms with E-state index in [1.807, 2.05) is 37.5 Å². The normalized spacial score (nSPS) is 19.4. The number of carbonyl (C=O) groups excluding carboxylic acids is 1. The predicted molar refractivity (Wildman–Crippen MR) is 129 cm³/mol. The van der Waals surface area contributed by atoms with Gasteiger partial charge in [0.1, 0.15) is 5.82 Å². The number of pyridine rings is 1. The lowest BCUT2D eigenvalue weighted by atomic mass is 10.2. The molecule has 2 aliphatic heterocycles. The van der Waals surface area contributed by atoms with Crippen molar-refractivity contribution in [3.63, 3.8) is 0 Å². The van der Waals surface area contributed by atoms with Crippen LogP contribution < -0.4 is 15.5 Å². The van der Waals surface area contributed by atoms with E-state index in [0.717, 1.165) is 48.3 Å². The topological polar surface area (TPSA) is 110 Å². The Morgan fingerprint density at radius 3 is 2.35 bits per heavy atom. The summed E-state index contributed by atoms with van der Waals surface area (Å²) < 4.78 is 7.79. The van der Waals surface area contributed by atoms with E-state index in [0.29, 0.717) is 17.2 Å². The molecule has 10 heteroatoms. The van der Waals surface area contributed by atoms with Crippen molar-refractivity contribution in [1.82, 2.24) is 24.7 Å². The number of aryl methyl sites for hydroxylation is 1. The van der Waals surface area contributed by atoms with Gasteiger partial charge in [-0.1, -0.05) is 0 Å². The van der Waals surface area contributed by atoms with Crippen molar-refractivity contribution in [2.75, 3.05) is 28.6 Å². The third kappa shape index (κ3) is 3.92. The number of carbonyl (C=O) groups is 1. The van der Waals surface area contributed by atoms with Crippen molar-refractivity contribution in [2.45, 2.75) is 25.0 Å². The third-order valence-electron chi connectivity index (χ3n) is 6.25. The number of amides is 2. The van der Waals surface area contributed by atoms with Gasteiger partial charge in [-0.05, 0) is 49.2 Å². The molecule has 4 aromatic rings. The average molecular weight is 457 g/mol. The van der Waals surface area contributed by atoms with Crippen LogP contribution >= 0.6 is 0 Å². The first-order chi connectivity index (χ1) is 16.6. The molecule has 10 nitrogen and oxygen atoms in total. The van der Waals surface area contributed by atoms with E-state index in [2.05, 4.69) is 25.6 Å². The van der Waals surface area contributed by atoms with Crippen molar-refractivity contribution in [3.05, 3.63) is 55.0 Å². The second kappa shape index (κ2) is 8.38. The van der Waals surface area contributed by atoms with Crippen LogP contribution in [-0.2, 0) is 11.8 Å². The Hall–Kier alpha value is -4.05. The molecule has 172 valence electrons. The van der Waals surface area contributed by atoms with Gasteiger partial charge in [0.05, 0.1) is 23.8 Å². The number of ether oxygens (including phenoxy) is 1. The average Bonchev–Trinajstić information content (AvgIpc) is 3.40. The zero-order chi connectivity index (χ0) is 23.1. The van der Waals surface area contributed by atoms with Gasteiger partial charge in [0.15, 0.2) is 11.5 Å².